The summed E-state index contributed by atoms with van der Waals surface area (Å²) in [6.07, 6.45) is 0.857. The highest BCUT2D eigenvalue weighted by Gasteiger charge is 2.16. The van der Waals surface area contributed by atoms with E-state index in [9.17, 15) is 0 Å². The van der Waals surface area contributed by atoms with Crippen LogP contribution in [0, 0.1) is 12.8 Å². The summed E-state index contributed by atoms with van der Waals surface area (Å²) in [6.45, 7) is 11.4. The molecule has 0 aliphatic heterocycles. The van der Waals surface area contributed by atoms with Gasteiger partial charge in [-0.3, -0.25) is 0 Å². The summed E-state index contributed by atoms with van der Waals surface area (Å²) in [7, 11) is 0. The van der Waals surface area contributed by atoms with Gasteiger partial charge >= 0.3 is 0 Å². The van der Waals surface area contributed by atoms with E-state index in [1.54, 1.807) is 0 Å². The number of anilines is 1. The molecule has 1 heterocycles. The first-order valence-corrected chi connectivity index (χ1v) is 7.60. The third-order valence-electron chi connectivity index (χ3n) is 3.40. The third-order valence-corrected chi connectivity index (χ3v) is 3.40. The van der Waals surface area contributed by atoms with Gasteiger partial charge in [-0.1, -0.05) is 36.7 Å². The Morgan fingerprint density at radius 2 is 1.76 bits per heavy atom. The lowest BCUT2D eigenvalue weighted by Crippen LogP contribution is -2.30. The fourth-order valence-corrected chi connectivity index (χ4v) is 2.26. The van der Waals surface area contributed by atoms with Gasteiger partial charge < -0.3 is 9.42 Å². The number of benzene rings is 1. The van der Waals surface area contributed by atoms with E-state index in [-0.39, 0.29) is 0 Å². The van der Waals surface area contributed by atoms with E-state index in [4.69, 9.17) is 4.52 Å². The molecule has 0 aliphatic rings. The minimum Gasteiger partial charge on any atom is -0.360 e. The molecule has 0 spiro atoms. The molecule has 4 heteroatoms. The molecule has 21 heavy (non-hydrogen) atoms. The maximum Gasteiger partial charge on any atom is 0.246 e. The van der Waals surface area contributed by atoms with Gasteiger partial charge in [0.1, 0.15) is 0 Å². The first-order chi connectivity index (χ1) is 9.95. The van der Waals surface area contributed by atoms with Crippen molar-refractivity contribution in [3.63, 3.8) is 0 Å². The standard InChI is InChI=1S/C17H25N3O/c1-12(2)10-16-18-17(21-19-16)11-20(13(3)4)15-8-6-14(5)7-9-15/h6-9,12-13H,10-11H2,1-5H3. The molecular formula is C17H25N3O. The smallest absolute Gasteiger partial charge is 0.246 e. The van der Waals surface area contributed by atoms with Crippen molar-refractivity contribution in [2.24, 2.45) is 5.92 Å². The van der Waals surface area contributed by atoms with Crippen LogP contribution in [0.2, 0.25) is 0 Å². The van der Waals surface area contributed by atoms with Crippen molar-refractivity contribution in [2.45, 2.75) is 53.6 Å². The summed E-state index contributed by atoms with van der Waals surface area (Å²) in [5.41, 5.74) is 2.44. The van der Waals surface area contributed by atoms with E-state index in [2.05, 4.69) is 73.9 Å². The van der Waals surface area contributed by atoms with E-state index in [1.165, 1.54) is 11.3 Å². The number of aromatic nitrogens is 2. The molecule has 114 valence electrons. The molecule has 0 atom stereocenters. The fraction of sp³-hybridized carbons (Fsp3) is 0.529. The maximum absolute atomic E-state index is 5.39. The largest absolute Gasteiger partial charge is 0.360 e. The lowest BCUT2D eigenvalue weighted by molar-refractivity contribution is 0.366. The molecule has 0 N–H and O–H groups in total. The van der Waals surface area contributed by atoms with Crippen LogP contribution in [0.25, 0.3) is 0 Å². The molecule has 0 amide bonds. The van der Waals surface area contributed by atoms with Gasteiger partial charge in [0.05, 0.1) is 6.54 Å². The summed E-state index contributed by atoms with van der Waals surface area (Å²) in [4.78, 5) is 6.77. The second-order valence-electron chi connectivity index (χ2n) is 6.26. The van der Waals surface area contributed by atoms with Crippen molar-refractivity contribution in [3.05, 3.63) is 41.5 Å². The van der Waals surface area contributed by atoms with Gasteiger partial charge in [0.15, 0.2) is 5.82 Å². The normalized spacial score (nSPS) is 11.4. The zero-order valence-corrected chi connectivity index (χ0v) is 13.6. The van der Waals surface area contributed by atoms with Gasteiger partial charge in [-0.05, 0) is 38.8 Å². The first-order valence-electron chi connectivity index (χ1n) is 7.60. The number of rotatable bonds is 6. The SMILES string of the molecule is Cc1ccc(N(Cc2nc(CC(C)C)no2)C(C)C)cc1. The molecule has 0 saturated heterocycles. The van der Waals surface area contributed by atoms with Gasteiger partial charge in [-0.25, -0.2) is 0 Å². The van der Waals surface area contributed by atoms with Gasteiger partial charge in [0.25, 0.3) is 0 Å². The molecule has 4 nitrogen and oxygen atoms in total. The van der Waals surface area contributed by atoms with Crippen LogP contribution >= 0.6 is 0 Å². The molecule has 1 aromatic heterocycles. The first kappa shape index (κ1) is 15.5. The minimum atomic E-state index is 0.369. The second kappa shape index (κ2) is 6.74. The summed E-state index contributed by atoms with van der Waals surface area (Å²) in [6, 6.07) is 8.90. The van der Waals surface area contributed by atoms with Crippen LogP contribution in [0.3, 0.4) is 0 Å². The Balaban J connectivity index is 2.13. The highest BCUT2D eigenvalue weighted by atomic mass is 16.5. The fourth-order valence-electron chi connectivity index (χ4n) is 2.26. The third kappa shape index (κ3) is 4.31. The van der Waals surface area contributed by atoms with E-state index >= 15 is 0 Å². The molecule has 0 radical (unpaired) electrons. The van der Waals surface area contributed by atoms with Crippen LogP contribution in [0.5, 0.6) is 0 Å². The Labute approximate surface area is 127 Å². The second-order valence-corrected chi connectivity index (χ2v) is 6.26. The van der Waals surface area contributed by atoms with Gasteiger partial charge in [-0.15, -0.1) is 0 Å². The van der Waals surface area contributed by atoms with Crippen LogP contribution in [0.15, 0.2) is 28.8 Å². The Morgan fingerprint density at radius 3 is 2.33 bits per heavy atom. The van der Waals surface area contributed by atoms with Crippen LogP contribution in [0.1, 0.15) is 45.0 Å². The van der Waals surface area contributed by atoms with Crippen LogP contribution in [-0.2, 0) is 13.0 Å². The number of hydrogen-bond donors (Lipinski definition) is 0. The average Bonchev–Trinajstić information content (AvgIpc) is 2.83. The lowest BCUT2D eigenvalue weighted by atomic mass is 10.1. The molecule has 2 aromatic rings. The van der Waals surface area contributed by atoms with Crippen molar-refractivity contribution in [1.82, 2.24) is 10.1 Å². The van der Waals surface area contributed by atoms with E-state index < -0.39 is 0 Å². The summed E-state index contributed by atoms with van der Waals surface area (Å²) >= 11 is 0. The van der Waals surface area contributed by atoms with Crippen LogP contribution < -0.4 is 4.90 Å². The van der Waals surface area contributed by atoms with E-state index in [1.807, 2.05) is 0 Å². The molecule has 0 saturated carbocycles. The van der Waals surface area contributed by atoms with Gasteiger partial charge in [-0.2, -0.15) is 4.98 Å². The minimum absolute atomic E-state index is 0.369. The molecule has 2 rings (SSSR count). The summed E-state index contributed by atoms with van der Waals surface area (Å²) in [5, 5.41) is 4.06. The monoisotopic (exact) mass is 287 g/mol. The molecule has 0 aliphatic carbocycles. The molecule has 0 fully saturated rings. The number of hydrogen-bond acceptors (Lipinski definition) is 4. The Morgan fingerprint density at radius 1 is 1.10 bits per heavy atom. The average molecular weight is 287 g/mol. The topological polar surface area (TPSA) is 42.2 Å². The molecule has 0 unspecified atom stereocenters. The zero-order valence-electron chi connectivity index (χ0n) is 13.6. The Kier molecular flexibility index (Phi) is 4.99. The highest BCUT2D eigenvalue weighted by Crippen LogP contribution is 2.20. The van der Waals surface area contributed by atoms with Crippen LogP contribution in [-0.4, -0.2) is 16.2 Å². The quantitative estimate of drug-likeness (QED) is 0.805. The highest BCUT2D eigenvalue weighted by molar-refractivity contribution is 5.48. The van der Waals surface area contributed by atoms with Crippen LogP contribution in [0.4, 0.5) is 5.69 Å². The maximum atomic E-state index is 5.39. The molecule has 1 aromatic carbocycles. The number of aryl methyl sites for hydroxylation is 1. The van der Waals surface area contributed by atoms with Crippen molar-refractivity contribution in [2.75, 3.05) is 4.90 Å². The Bertz CT molecular complexity index is 558. The summed E-state index contributed by atoms with van der Waals surface area (Å²) in [5.74, 6) is 2.02. The molecule has 0 bridgehead atoms. The van der Waals surface area contributed by atoms with Crippen molar-refractivity contribution in [3.8, 4) is 0 Å². The van der Waals surface area contributed by atoms with Gasteiger partial charge in [0.2, 0.25) is 5.89 Å². The Hall–Kier alpha value is -1.84. The molecular weight excluding hydrogens is 262 g/mol. The van der Waals surface area contributed by atoms with Gasteiger partial charge in [0, 0.05) is 18.2 Å². The lowest BCUT2D eigenvalue weighted by Gasteiger charge is -2.27. The predicted molar refractivity (Wildman–Crippen MR) is 85.3 cm³/mol. The van der Waals surface area contributed by atoms with Crippen molar-refractivity contribution >= 4 is 5.69 Å². The summed E-state index contributed by atoms with van der Waals surface area (Å²) < 4.78 is 5.39. The zero-order chi connectivity index (χ0) is 15.4. The van der Waals surface area contributed by atoms with Crippen molar-refractivity contribution < 1.29 is 4.52 Å². The number of nitrogens with zero attached hydrogens (tertiary/aromatic N) is 3. The van der Waals surface area contributed by atoms with E-state index in [0.717, 1.165) is 12.2 Å². The van der Waals surface area contributed by atoms with Crippen molar-refractivity contribution in [1.29, 1.82) is 0 Å². The van der Waals surface area contributed by atoms with E-state index in [0.29, 0.717) is 24.4 Å². The predicted octanol–water partition coefficient (Wildman–Crippen LogP) is 3.99.